The first-order valence-electron chi connectivity index (χ1n) is 6.60. The first-order valence-corrected chi connectivity index (χ1v) is 6.60. The molecular weight excluding hydrogens is 220 g/mol. The predicted octanol–water partition coefficient (Wildman–Crippen LogP) is 3.61. The Bertz CT molecular complexity index is 436. The van der Waals surface area contributed by atoms with Gasteiger partial charge in [0.1, 0.15) is 0 Å². The van der Waals surface area contributed by atoms with Crippen LogP contribution in [0.2, 0.25) is 0 Å². The van der Waals surface area contributed by atoms with Gasteiger partial charge in [0, 0.05) is 0 Å². The standard InChI is InChI=1S/C17H20O/c18-17(14-16-10-5-2-6-11-16)13-7-12-15-8-3-1-4-9-15/h1-6,8-11,17-18H,7,12-14H2. The van der Waals surface area contributed by atoms with E-state index in [1.54, 1.807) is 0 Å². The fraction of sp³-hybridized carbons (Fsp3) is 0.294. The minimum Gasteiger partial charge on any atom is -0.393 e. The fourth-order valence-corrected chi connectivity index (χ4v) is 2.17. The van der Waals surface area contributed by atoms with Gasteiger partial charge in [-0.15, -0.1) is 0 Å². The highest BCUT2D eigenvalue weighted by Crippen LogP contribution is 2.10. The van der Waals surface area contributed by atoms with E-state index in [9.17, 15) is 5.11 Å². The zero-order valence-electron chi connectivity index (χ0n) is 10.6. The number of hydrogen-bond acceptors (Lipinski definition) is 1. The van der Waals surface area contributed by atoms with E-state index in [2.05, 4.69) is 36.4 Å². The Kier molecular flexibility index (Phi) is 4.98. The van der Waals surface area contributed by atoms with Crippen molar-refractivity contribution in [2.75, 3.05) is 0 Å². The predicted molar refractivity (Wildman–Crippen MR) is 75.5 cm³/mol. The summed E-state index contributed by atoms with van der Waals surface area (Å²) in [4.78, 5) is 0. The molecule has 1 heteroatoms. The zero-order valence-corrected chi connectivity index (χ0v) is 10.6. The summed E-state index contributed by atoms with van der Waals surface area (Å²) in [5.41, 5.74) is 2.56. The number of benzene rings is 2. The molecule has 0 fully saturated rings. The molecule has 1 nitrogen and oxygen atoms in total. The van der Waals surface area contributed by atoms with Gasteiger partial charge in [-0.25, -0.2) is 0 Å². The van der Waals surface area contributed by atoms with Crippen LogP contribution in [0.3, 0.4) is 0 Å². The molecular formula is C17H20O. The van der Waals surface area contributed by atoms with Gasteiger partial charge < -0.3 is 5.11 Å². The summed E-state index contributed by atoms with van der Waals surface area (Å²) in [6.07, 6.45) is 3.49. The highest BCUT2D eigenvalue weighted by atomic mass is 16.3. The van der Waals surface area contributed by atoms with Crippen molar-refractivity contribution in [3.8, 4) is 0 Å². The van der Waals surface area contributed by atoms with Gasteiger partial charge in [-0.05, 0) is 36.8 Å². The highest BCUT2D eigenvalue weighted by Gasteiger charge is 2.05. The summed E-state index contributed by atoms with van der Waals surface area (Å²) in [6.45, 7) is 0. The molecule has 0 heterocycles. The van der Waals surface area contributed by atoms with Crippen LogP contribution in [0.15, 0.2) is 60.7 Å². The van der Waals surface area contributed by atoms with Crippen LogP contribution in [-0.2, 0) is 12.8 Å². The van der Waals surface area contributed by atoms with E-state index in [4.69, 9.17) is 0 Å². The molecule has 0 bridgehead atoms. The van der Waals surface area contributed by atoms with Gasteiger partial charge >= 0.3 is 0 Å². The molecule has 2 aromatic carbocycles. The molecule has 0 amide bonds. The maximum atomic E-state index is 9.98. The molecule has 1 N–H and O–H groups in total. The zero-order chi connectivity index (χ0) is 12.6. The molecule has 2 aromatic rings. The maximum Gasteiger partial charge on any atom is 0.0580 e. The third-order valence-electron chi connectivity index (χ3n) is 3.16. The first-order chi connectivity index (χ1) is 8.84. The summed E-state index contributed by atoms with van der Waals surface area (Å²) < 4.78 is 0. The Labute approximate surface area is 109 Å². The SMILES string of the molecule is OC(CCCc1ccccc1)Cc1ccccc1. The van der Waals surface area contributed by atoms with E-state index in [0.29, 0.717) is 0 Å². The van der Waals surface area contributed by atoms with Crippen molar-refractivity contribution in [2.24, 2.45) is 0 Å². The molecule has 0 spiro atoms. The summed E-state index contributed by atoms with van der Waals surface area (Å²) in [7, 11) is 0. The average molecular weight is 240 g/mol. The highest BCUT2D eigenvalue weighted by molar-refractivity contribution is 5.16. The lowest BCUT2D eigenvalue weighted by molar-refractivity contribution is 0.162. The first kappa shape index (κ1) is 12.8. The van der Waals surface area contributed by atoms with Crippen molar-refractivity contribution in [1.29, 1.82) is 0 Å². The molecule has 18 heavy (non-hydrogen) atoms. The lowest BCUT2D eigenvalue weighted by atomic mass is 10.0. The van der Waals surface area contributed by atoms with Crippen molar-refractivity contribution in [2.45, 2.75) is 31.8 Å². The molecule has 0 aliphatic carbocycles. The third-order valence-corrected chi connectivity index (χ3v) is 3.16. The van der Waals surface area contributed by atoms with E-state index in [1.807, 2.05) is 24.3 Å². The van der Waals surface area contributed by atoms with Gasteiger partial charge in [0.05, 0.1) is 6.10 Å². The van der Waals surface area contributed by atoms with Crippen LogP contribution in [0, 0.1) is 0 Å². The number of hydrogen-bond donors (Lipinski definition) is 1. The van der Waals surface area contributed by atoms with Gasteiger partial charge in [-0.3, -0.25) is 0 Å². The van der Waals surface area contributed by atoms with Crippen LogP contribution in [0.1, 0.15) is 24.0 Å². The molecule has 0 aliphatic rings. The second-order valence-corrected chi connectivity index (χ2v) is 4.72. The Morgan fingerprint density at radius 1 is 0.778 bits per heavy atom. The molecule has 0 aromatic heterocycles. The summed E-state index contributed by atoms with van der Waals surface area (Å²) in [5.74, 6) is 0. The van der Waals surface area contributed by atoms with Gasteiger partial charge in [0.25, 0.3) is 0 Å². The normalized spacial score (nSPS) is 12.3. The molecule has 0 aliphatic heterocycles. The largest absolute Gasteiger partial charge is 0.393 e. The van der Waals surface area contributed by atoms with Crippen molar-refractivity contribution >= 4 is 0 Å². The van der Waals surface area contributed by atoms with Gasteiger partial charge in [0.2, 0.25) is 0 Å². The van der Waals surface area contributed by atoms with Gasteiger partial charge in [-0.2, -0.15) is 0 Å². The number of aryl methyl sites for hydroxylation is 1. The fourth-order valence-electron chi connectivity index (χ4n) is 2.17. The van der Waals surface area contributed by atoms with E-state index in [0.717, 1.165) is 25.7 Å². The van der Waals surface area contributed by atoms with Crippen LogP contribution in [-0.4, -0.2) is 11.2 Å². The van der Waals surface area contributed by atoms with Crippen LogP contribution < -0.4 is 0 Å². The molecule has 0 radical (unpaired) electrons. The van der Waals surface area contributed by atoms with Crippen molar-refractivity contribution in [3.63, 3.8) is 0 Å². The lowest BCUT2D eigenvalue weighted by Gasteiger charge is -2.10. The second-order valence-electron chi connectivity index (χ2n) is 4.72. The second kappa shape index (κ2) is 6.97. The smallest absolute Gasteiger partial charge is 0.0580 e. The summed E-state index contributed by atoms with van der Waals surface area (Å²) in [6, 6.07) is 20.6. The van der Waals surface area contributed by atoms with Gasteiger partial charge in [0.15, 0.2) is 0 Å². The Morgan fingerprint density at radius 2 is 1.33 bits per heavy atom. The van der Waals surface area contributed by atoms with Crippen LogP contribution in [0.5, 0.6) is 0 Å². The van der Waals surface area contributed by atoms with Gasteiger partial charge in [-0.1, -0.05) is 60.7 Å². The van der Waals surface area contributed by atoms with E-state index >= 15 is 0 Å². The van der Waals surface area contributed by atoms with E-state index in [-0.39, 0.29) is 6.10 Å². The molecule has 1 atom stereocenters. The minimum atomic E-state index is -0.226. The van der Waals surface area contributed by atoms with Crippen molar-refractivity contribution < 1.29 is 5.11 Å². The number of aliphatic hydroxyl groups is 1. The van der Waals surface area contributed by atoms with Crippen molar-refractivity contribution in [3.05, 3.63) is 71.8 Å². The topological polar surface area (TPSA) is 20.2 Å². The third kappa shape index (κ3) is 4.34. The molecule has 2 rings (SSSR count). The maximum absolute atomic E-state index is 9.98. The number of aliphatic hydroxyl groups excluding tert-OH is 1. The van der Waals surface area contributed by atoms with Crippen LogP contribution >= 0.6 is 0 Å². The van der Waals surface area contributed by atoms with E-state index in [1.165, 1.54) is 11.1 Å². The van der Waals surface area contributed by atoms with Crippen molar-refractivity contribution in [1.82, 2.24) is 0 Å². The Morgan fingerprint density at radius 3 is 1.94 bits per heavy atom. The molecule has 1 unspecified atom stereocenters. The monoisotopic (exact) mass is 240 g/mol. The van der Waals surface area contributed by atoms with E-state index < -0.39 is 0 Å². The summed E-state index contributed by atoms with van der Waals surface area (Å²) in [5, 5.41) is 9.98. The van der Waals surface area contributed by atoms with Crippen LogP contribution in [0.4, 0.5) is 0 Å². The molecule has 0 saturated carbocycles. The molecule has 94 valence electrons. The minimum absolute atomic E-state index is 0.226. The quantitative estimate of drug-likeness (QED) is 0.817. The lowest BCUT2D eigenvalue weighted by Crippen LogP contribution is -2.10. The average Bonchev–Trinajstić information content (AvgIpc) is 2.41. The Balaban J connectivity index is 1.71. The number of rotatable bonds is 6. The van der Waals surface area contributed by atoms with Crippen LogP contribution in [0.25, 0.3) is 0 Å². The molecule has 0 saturated heterocycles. The summed E-state index contributed by atoms with van der Waals surface area (Å²) >= 11 is 0. The Hall–Kier alpha value is -1.60.